The first kappa shape index (κ1) is 13.1. The fraction of sp³-hybridized carbons (Fsp3) is 0.538. The first-order chi connectivity index (χ1) is 8.63. The van der Waals surface area contributed by atoms with Gasteiger partial charge in [0, 0.05) is 4.88 Å². The van der Waals surface area contributed by atoms with E-state index in [0.29, 0.717) is 10.6 Å². The number of amides is 1. The lowest BCUT2D eigenvalue weighted by atomic mass is 10.1. The number of hydrogen-bond donors (Lipinski definition) is 2. The molecule has 0 aromatic carbocycles. The molecule has 0 aliphatic heterocycles. The minimum atomic E-state index is -0.557. The average molecular weight is 263 g/mol. The zero-order valence-corrected chi connectivity index (χ0v) is 11.3. The third-order valence-electron chi connectivity index (χ3n) is 3.18. The molecule has 18 heavy (non-hydrogen) atoms. The molecule has 1 heterocycles. The maximum Gasteiger partial charge on any atom is 0.241 e. The predicted octanol–water partition coefficient (Wildman–Crippen LogP) is 2.17. The number of rotatable bonds is 2. The van der Waals surface area contributed by atoms with Crippen molar-refractivity contribution in [1.29, 1.82) is 5.26 Å². The molecule has 96 valence electrons. The summed E-state index contributed by atoms with van der Waals surface area (Å²) in [6, 6.07) is 1.67. The van der Waals surface area contributed by atoms with Crippen molar-refractivity contribution in [3.63, 3.8) is 0 Å². The lowest BCUT2D eigenvalue weighted by Crippen LogP contribution is -2.32. The van der Waals surface area contributed by atoms with Gasteiger partial charge in [-0.05, 0) is 38.2 Å². The number of anilines is 1. The van der Waals surface area contributed by atoms with Crippen LogP contribution in [-0.2, 0) is 17.6 Å². The summed E-state index contributed by atoms with van der Waals surface area (Å²) < 4.78 is 0. The number of carbonyl (C=O) groups excluding carboxylic acids is 1. The summed E-state index contributed by atoms with van der Waals surface area (Å²) in [5, 5.41) is 12.7. The van der Waals surface area contributed by atoms with Crippen LogP contribution >= 0.6 is 11.3 Å². The summed E-state index contributed by atoms with van der Waals surface area (Å²) in [4.78, 5) is 12.9. The van der Waals surface area contributed by atoms with Gasteiger partial charge in [-0.15, -0.1) is 11.3 Å². The molecule has 0 radical (unpaired) electrons. The number of nitrogens with zero attached hydrogens (tertiary/aromatic N) is 1. The van der Waals surface area contributed by atoms with Crippen molar-refractivity contribution in [3.8, 4) is 6.07 Å². The van der Waals surface area contributed by atoms with E-state index in [0.717, 1.165) is 24.8 Å². The molecule has 2 rings (SSSR count). The van der Waals surface area contributed by atoms with Crippen LogP contribution in [0, 0.1) is 11.3 Å². The molecule has 1 aromatic heterocycles. The van der Waals surface area contributed by atoms with E-state index in [4.69, 9.17) is 5.73 Å². The van der Waals surface area contributed by atoms with Gasteiger partial charge in [-0.25, -0.2) is 0 Å². The van der Waals surface area contributed by atoms with Crippen molar-refractivity contribution in [2.45, 2.75) is 45.1 Å². The molecule has 1 aromatic rings. The molecule has 0 saturated heterocycles. The molecule has 0 saturated carbocycles. The Morgan fingerprint density at radius 3 is 2.83 bits per heavy atom. The summed E-state index contributed by atoms with van der Waals surface area (Å²) in [5.74, 6) is -0.233. The third-order valence-corrected chi connectivity index (χ3v) is 4.39. The number of aryl methyl sites for hydroxylation is 1. The Hall–Kier alpha value is -1.38. The van der Waals surface area contributed by atoms with Gasteiger partial charge in [-0.3, -0.25) is 4.79 Å². The molecule has 1 aliphatic rings. The molecule has 0 bridgehead atoms. The van der Waals surface area contributed by atoms with E-state index in [1.54, 1.807) is 6.92 Å². The van der Waals surface area contributed by atoms with Gasteiger partial charge in [-0.2, -0.15) is 5.26 Å². The van der Waals surface area contributed by atoms with Crippen LogP contribution in [0.3, 0.4) is 0 Å². The lowest BCUT2D eigenvalue weighted by Gasteiger charge is -2.06. The van der Waals surface area contributed by atoms with E-state index in [1.807, 2.05) is 0 Å². The fourth-order valence-electron chi connectivity index (χ4n) is 2.17. The second-order valence-electron chi connectivity index (χ2n) is 4.66. The number of fused-ring (bicyclic) bond motifs is 1. The molecular formula is C13H17N3OS. The van der Waals surface area contributed by atoms with Crippen LogP contribution in [0.5, 0.6) is 0 Å². The molecule has 1 atom stereocenters. The van der Waals surface area contributed by atoms with Gasteiger partial charge in [0.15, 0.2) is 0 Å². The Balaban J connectivity index is 2.32. The summed E-state index contributed by atoms with van der Waals surface area (Å²) in [7, 11) is 0. The van der Waals surface area contributed by atoms with Crippen molar-refractivity contribution in [3.05, 3.63) is 16.0 Å². The number of nitrogens with two attached hydrogens (primary N) is 1. The minimum absolute atomic E-state index is 0.233. The predicted molar refractivity (Wildman–Crippen MR) is 72.6 cm³/mol. The quantitative estimate of drug-likeness (QED) is 0.803. The lowest BCUT2D eigenvalue weighted by molar-refractivity contribution is -0.117. The third kappa shape index (κ3) is 2.55. The number of carbonyl (C=O) groups is 1. The van der Waals surface area contributed by atoms with Gasteiger partial charge in [-0.1, -0.05) is 6.42 Å². The van der Waals surface area contributed by atoms with E-state index in [-0.39, 0.29) is 5.91 Å². The zero-order chi connectivity index (χ0) is 13.1. The summed E-state index contributed by atoms with van der Waals surface area (Å²) in [6.07, 6.45) is 5.47. The topological polar surface area (TPSA) is 78.9 Å². The Morgan fingerprint density at radius 1 is 1.44 bits per heavy atom. The van der Waals surface area contributed by atoms with Crippen LogP contribution in [0.2, 0.25) is 0 Å². The van der Waals surface area contributed by atoms with Crippen molar-refractivity contribution < 1.29 is 4.79 Å². The highest BCUT2D eigenvalue weighted by molar-refractivity contribution is 7.16. The summed E-state index contributed by atoms with van der Waals surface area (Å²) >= 11 is 1.54. The first-order valence-corrected chi connectivity index (χ1v) is 7.06. The number of thiophene rings is 1. The minimum Gasteiger partial charge on any atom is -0.320 e. The molecule has 1 amide bonds. The largest absolute Gasteiger partial charge is 0.320 e. The van der Waals surface area contributed by atoms with E-state index in [2.05, 4.69) is 11.4 Å². The summed E-state index contributed by atoms with van der Waals surface area (Å²) in [5.41, 5.74) is 7.32. The number of nitrogens with one attached hydrogen (secondary N) is 1. The highest BCUT2D eigenvalue weighted by Crippen LogP contribution is 2.36. The molecular weight excluding hydrogens is 246 g/mol. The van der Waals surface area contributed by atoms with Crippen molar-refractivity contribution in [2.24, 2.45) is 5.73 Å². The van der Waals surface area contributed by atoms with Crippen LogP contribution in [0.25, 0.3) is 0 Å². The van der Waals surface area contributed by atoms with E-state index in [1.165, 1.54) is 29.1 Å². The highest BCUT2D eigenvalue weighted by Gasteiger charge is 2.21. The maximum absolute atomic E-state index is 11.6. The van der Waals surface area contributed by atoms with Gasteiger partial charge in [0.05, 0.1) is 11.6 Å². The van der Waals surface area contributed by atoms with Crippen molar-refractivity contribution >= 4 is 22.2 Å². The van der Waals surface area contributed by atoms with E-state index < -0.39 is 6.04 Å². The van der Waals surface area contributed by atoms with Gasteiger partial charge in [0.1, 0.15) is 11.1 Å². The van der Waals surface area contributed by atoms with Crippen LogP contribution in [0.1, 0.15) is 42.2 Å². The molecule has 1 aliphatic carbocycles. The van der Waals surface area contributed by atoms with Gasteiger partial charge >= 0.3 is 0 Å². The second kappa shape index (κ2) is 5.51. The Labute approximate surface area is 111 Å². The molecule has 0 fully saturated rings. The van der Waals surface area contributed by atoms with Gasteiger partial charge in [0.25, 0.3) is 0 Å². The average Bonchev–Trinajstić information content (AvgIpc) is 2.50. The SMILES string of the molecule is C[C@@H](N)C(=O)Nc1sc2c(c1C#N)CCCCC2. The van der Waals surface area contributed by atoms with E-state index >= 15 is 0 Å². The van der Waals surface area contributed by atoms with Crippen molar-refractivity contribution in [2.75, 3.05) is 5.32 Å². The Bertz CT molecular complexity index is 499. The van der Waals surface area contributed by atoms with Gasteiger partial charge < -0.3 is 11.1 Å². The van der Waals surface area contributed by atoms with Crippen LogP contribution in [0.15, 0.2) is 0 Å². The smallest absolute Gasteiger partial charge is 0.241 e. The molecule has 0 spiro atoms. The second-order valence-corrected chi connectivity index (χ2v) is 5.76. The van der Waals surface area contributed by atoms with Gasteiger partial charge in [0.2, 0.25) is 5.91 Å². The Kier molecular flexibility index (Phi) is 4.00. The van der Waals surface area contributed by atoms with Crippen molar-refractivity contribution in [1.82, 2.24) is 0 Å². The zero-order valence-electron chi connectivity index (χ0n) is 10.5. The Morgan fingerprint density at radius 2 is 2.17 bits per heavy atom. The number of nitriles is 1. The first-order valence-electron chi connectivity index (χ1n) is 6.24. The number of hydrogen-bond acceptors (Lipinski definition) is 4. The van der Waals surface area contributed by atoms with Crippen LogP contribution in [-0.4, -0.2) is 11.9 Å². The standard InChI is InChI=1S/C13H17N3OS/c1-8(15)12(17)16-13-10(7-14)9-5-3-2-4-6-11(9)18-13/h8H,2-6,15H2,1H3,(H,16,17)/t8-/m1/s1. The normalized spacial score (nSPS) is 16.3. The molecule has 3 N–H and O–H groups in total. The monoisotopic (exact) mass is 263 g/mol. The van der Waals surface area contributed by atoms with Crippen LogP contribution in [0.4, 0.5) is 5.00 Å². The molecule has 4 nitrogen and oxygen atoms in total. The van der Waals surface area contributed by atoms with Crippen LogP contribution < -0.4 is 11.1 Å². The highest BCUT2D eigenvalue weighted by atomic mass is 32.1. The molecule has 0 unspecified atom stereocenters. The summed E-state index contributed by atoms with van der Waals surface area (Å²) in [6.45, 7) is 1.64. The van der Waals surface area contributed by atoms with E-state index in [9.17, 15) is 10.1 Å². The molecule has 5 heteroatoms. The fourth-order valence-corrected chi connectivity index (χ4v) is 3.42. The maximum atomic E-state index is 11.6.